The number of hydrogen-bond donors (Lipinski definition) is 0. The van der Waals surface area contributed by atoms with E-state index >= 15 is 0 Å². The summed E-state index contributed by atoms with van der Waals surface area (Å²) >= 11 is 3.87. The number of imidazole rings is 1. The second kappa shape index (κ2) is 14.7. The fourth-order valence-electron chi connectivity index (χ4n) is 13.5. The van der Waals surface area contributed by atoms with E-state index in [9.17, 15) is 0 Å². The summed E-state index contributed by atoms with van der Waals surface area (Å²) in [6, 6.07) is 65.1. The van der Waals surface area contributed by atoms with Crippen molar-refractivity contribution in [2.75, 3.05) is 4.81 Å². The number of rotatable bonds is 3. The van der Waals surface area contributed by atoms with Crippen LogP contribution in [0.4, 0.5) is 11.4 Å². The second-order valence-electron chi connectivity index (χ2n) is 23.8. The van der Waals surface area contributed by atoms with Gasteiger partial charge in [-0.05, 0) is 141 Å². The highest BCUT2D eigenvalue weighted by atomic mass is 32.1. The van der Waals surface area contributed by atoms with Crippen molar-refractivity contribution in [1.29, 1.82) is 0 Å². The third-order valence-electron chi connectivity index (χ3n) is 17.5. The Morgan fingerprint density at radius 1 is 0.500 bits per heavy atom. The van der Waals surface area contributed by atoms with Gasteiger partial charge in [0.2, 0.25) is 0 Å². The van der Waals surface area contributed by atoms with E-state index in [0.29, 0.717) is 0 Å². The number of para-hydroxylation sites is 1. The van der Waals surface area contributed by atoms with Crippen LogP contribution in [0.3, 0.4) is 0 Å². The van der Waals surface area contributed by atoms with Crippen molar-refractivity contribution in [2.24, 2.45) is 0 Å². The molecule has 4 nitrogen and oxygen atoms in total. The minimum absolute atomic E-state index is 0.0114. The molecule has 0 spiro atoms. The van der Waals surface area contributed by atoms with Crippen LogP contribution in [0.15, 0.2) is 170 Å². The number of aromatic nitrogens is 3. The van der Waals surface area contributed by atoms with Crippen LogP contribution in [0.1, 0.15) is 78.0 Å². The smallest absolute Gasteiger partial charge is 0.333 e. The van der Waals surface area contributed by atoms with Gasteiger partial charge in [-0.3, -0.25) is 4.57 Å². The fraction of sp³-hybridized carbons (Fsp3) is 0.179. The van der Waals surface area contributed by atoms with Crippen LogP contribution in [0.5, 0.6) is 0 Å². The first kappa shape index (κ1) is 43.0. The van der Waals surface area contributed by atoms with Crippen LogP contribution in [-0.2, 0) is 16.2 Å². The van der Waals surface area contributed by atoms with Crippen molar-refractivity contribution in [1.82, 2.24) is 14.1 Å². The van der Waals surface area contributed by atoms with Gasteiger partial charge in [0.1, 0.15) is 5.82 Å². The average molecular weight is 989 g/mol. The highest BCUT2D eigenvalue weighted by Crippen LogP contribution is 2.53. The number of anilines is 2. The Labute approximate surface area is 439 Å². The Morgan fingerprint density at radius 2 is 1.16 bits per heavy atom. The maximum Gasteiger partial charge on any atom is 0.333 e. The molecule has 16 rings (SSSR count). The molecule has 2 aliphatic heterocycles. The summed E-state index contributed by atoms with van der Waals surface area (Å²) in [6.45, 7) is 16.6. The zero-order valence-electron chi connectivity index (χ0n) is 42.8. The Morgan fingerprint density at radius 3 is 1.93 bits per heavy atom. The second-order valence-corrected chi connectivity index (χ2v) is 26.0. The van der Waals surface area contributed by atoms with Crippen molar-refractivity contribution in [3.8, 4) is 33.9 Å². The van der Waals surface area contributed by atoms with Crippen molar-refractivity contribution in [3.63, 3.8) is 0 Å². The molecule has 0 fully saturated rings. The average Bonchev–Trinajstić information content (AvgIpc) is 4.18. The number of thiophene rings is 2. The Bertz CT molecular complexity index is 4580. The van der Waals surface area contributed by atoms with Gasteiger partial charge in [0.15, 0.2) is 0 Å². The van der Waals surface area contributed by atoms with Gasteiger partial charge in [-0.25, -0.2) is 4.98 Å². The van der Waals surface area contributed by atoms with E-state index in [1.54, 1.807) is 0 Å². The molecule has 356 valence electrons. The quantitative estimate of drug-likeness (QED) is 0.165. The van der Waals surface area contributed by atoms with Gasteiger partial charge in [0, 0.05) is 85.0 Å². The summed E-state index contributed by atoms with van der Waals surface area (Å²) in [6.07, 6.45) is 2.39. The normalized spacial score (nSPS) is 15.6. The van der Waals surface area contributed by atoms with Gasteiger partial charge in [-0.1, -0.05) is 139 Å². The highest BCUT2D eigenvalue weighted by molar-refractivity contribution is 7.26. The Kier molecular flexibility index (Phi) is 8.51. The van der Waals surface area contributed by atoms with Crippen LogP contribution >= 0.6 is 22.7 Å². The van der Waals surface area contributed by atoms with Gasteiger partial charge >= 0.3 is 6.85 Å². The summed E-state index contributed by atoms with van der Waals surface area (Å²) in [5.41, 5.74) is 20.2. The molecule has 0 N–H and O–H groups in total. The van der Waals surface area contributed by atoms with Gasteiger partial charge in [-0.15, -0.1) is 22.7 Å². The van der Waals surface area contributed by atoms with Gasteiger partial charge in [0.05, 0.1) is 22.1 Å². The summed E-state index contributed by atoms with van der Waals surface area (Å²) < 4.78 is 10.4. The van der Waals surface area contributed by atoms with E-state index in [1.165, 1.54) is 131 Å². The number of benzene rings is 9. The lowest BCUT2D eigenvalue weighted by atomic mass is 9.44. The molecule has 1 aliphatic carbocycles. The Hall–Kier alpha value is -7.45. The third kappa shape index (κ3) is 5.83. The number of nitrogens with zero attached hydrogens (tertiary/aromatic N) is 4. The molecule has 9 aromatic carbocycles. The van der Waals surface area contributed by atoms with E-state index in [4.69, 9.17) is 4.98 Å². The van der Waals surface area contributed by atoms with E-state index in [-0.39, 0.29) is 23.1 Å². The van der Waals surface area contributed by atoms with Gasteiger partial charge < -0.3 is 9.38 Å². The maximum absolute atomic E-state index is 5.64. The van der Waals surface area contributed by atoms with E-state index < -0.39 is 0 Å². The third-order valence-corrected chi connectivity index (χ3v) is 19.8. The molecule has 0 amide bonds. The molecule has 0 saturated carbocycles. The minimum atomic E-state index is -0.156. The zero-order chi connectivity index (χ0) is 49.7. The lowest BCUT2D eigenvalue weighted by Gasteiger charge is -2.42. The molecule has 4 aromatic heterocycles. The van der Waals surface area contributed by atoms with E-state index in [0.717, 1.165) is 28.1 Å². The van der Waals surface area contributed by atoms with Crippen LogP contribution < -0.4 is 15.7 Å². The predicted octanol–water partition coefficient (Wildman–Crippen LogP) is 17.4. The molecule has 0 bridgehead atoms. The van der Waals surface area contributed by atoms with Crippen LogP contribution in [-0.4, -0.2) is 21.0 Å². The molecule has 0 atom stereocenters. The summed E-state index contributed by atoms with van der Waals surface area (Å²) in [4.78, 5) is 8.35. The molecular formula is C67H53BN4S2. The molecule has 6 heterocycles. The first-order chi connectivity index (χ1) is 35.8. The zero-order valence-corrected chi connectivity index (χ0v) is 44.4. The molecular weight excluding hydrogens is 936 g/mol. The molecule has 0 saturated heterocycles. The summed E-state index contributed by atoms with van der Waals surface area (Å²) in [7, 11) is 0. The molecule has 3 aliphatic rings. The summed E-state index contributed by atoms with van der Waals surface area (Å²) in [5.74, 6) is 0.936. The molecule has 13 aromatic rings. The Balaban J connectivity index is 1.06. The van der Waals surface area contributed by atoms with E-state index in [1.807, 2.05) is 22.7 Å². The largest absolute Gasteiger partial charge is 0.376 e. The molecule has 0 unspecified atom stereocenters. The van der Waals surface area contributed by atoms with Gasteiger partial charge in [0.25, 0.3) is 0 Å². The summed E-state index contributed by atoms with van der Waals surface area (Å²) in [5, 5.41) is 7.94. The molecule has 7 heteroatoms. The van der Waals surface area contributed by atoms with Crippen molar-refractivity contribution < 1.29 is 0 Å². The lowest BCUT2D eigenvalue weighted by molar-refractivity contribution is 0.332. The first-order valence-electron chi connectivity index (χ1n) is 26.3. The highest BCUT2D eigenvalue weighted by Gasteiger charge is 2.45. The fourth-order valence-corrected chi connectivity index (χ4v) is 15.8. The topological polar surface area (TPSA) is 26.0 Å². The SMILES string of the molecule is CC(C)(C)c1ccc(N2B3c4cc5nc(-c6ccccc6)n(-c6ccccc6)c5cc4-n4c5cc6sc7ccccc7c6cc5c5ccc(c3c54)-c3cc4sc5cc6c(cc5c4cc32)C(C)(C)CCC6(C)C)cc1. The predicted molar refractivity (Wildman–Crippen MR) is 320 cm³/mol. The number of fused-ring (bicyclic) bond motifs is 16. The van der Waals surface area contributed by atoms with Crippen molar-refractivity contribution in [3.05, 3.63) is 187 Å². The first-order valence-corrected chi connectivity index (χ1v) is 28.0. The van der Waals surface area contributed by atoms with Gasteiger partial charge in [-0.2, -0.15) is 0 Å². The number of hydrogen-bond acceptors (Lipinski definition) is 4. The van der Waals surface area contributed by atoms with Crippen LogP contribution in [0, 0.1) is 0 Å². The van der Waals surface area contributed by atoms with Crippen LogP contribution in [0.2, 0.25) is 0 Å². The standard InChI is InChI=1S/C67H53BN4S2/c1-65(2,3)39-22-24-41(25-23-39)72-55-32-49-48-31-50-51(67(6,7)29-28-66(50,4)5)34-60(48)74-59(49)33-46(55)43-26-27-44-45-30-47-42-20-14-15-21-58(42)73-61(47)37-54(45)71-56-36-57-53(35-52(56)68(72)62(43)63(44)71)69-64(38-16-10-8-11-17-38)70(57)40-18-12-9-13-19-40/h8-27,30-37H,28-29H2,1-7H3. The van der Waals surface area contributed by atoms with Crippen molar-refractivity contribution in [2.45, 2.75) is 77.6 Å². The maximum atomic E-state index is 5.64. The van der Waals surface area contributed by atoms with Crippen LogP contribution in [0.25, 0.3) is 107 Å². The van der Waals surface area contributed by atoms with E-state index in [2.05, 4.69) is 232 Å². The molecule has 0 radical (unpaired) electrons. The van der Waals surface area contributed by atoms with Crippen molar-refractivity contribution >= 4 is 125 Å². The lowest BCUT2D eigenvalue weighted by Crippen LogP contribution is -2.60. The molecule has 74 heavy (non-hydrogen) atoms. The monoisotopic (exact) mass is 988 g/mol. The minimum Gasteiger partial charge on any atom is -0.376 e.